The monoisotopic (exact) mass is 358 g/mol. The van der Waals surface area contributed by atoms with E-state index in [9.17, 15) is 21.6 Å². The van der Waals surface area contributed by atoms with Crippen molar-refractivity contribution in [1.29, 1.82) is 0 Å². The summed E-state index contributed by atoms with van der Waals surface area (Å²) >= 11 is 0. The van der Waals surface area contributed by atoms with E-state index in [1.54, 1.807) is 0 Å². The lowest BCUT2D eigenvalue weighted by molar-refractivity contribution is -0.137. The van der Waals surface area contributed by atoms with Crippen LogP contribution in [0.1, 0.15) is 24.0 Å². The van der Waals surface area contributed by atoms with Crippen molar-refractivity contribution in [2.24, 2.45) is 5.73 Å². The van der Waals surface area contributed by atoms with Gasteiger partial charge in [-0.15, -0.1) is 12.4 Å². The summed E-state index contributed by atoms with van der Waals surface area (Å²) in [5.41, 5.74) is 4.98. The largest absolute Gasteiger partial charge is 0.416 e. The Hall–Kier alpha value is -0.830. The molecule has 22 heavy (non-hydrogen) atoms. The number of halogens is 4. The van der Waals surface area contributed by atoms with Crippen molar-refractivity contribution >= 4 is 22.4 Å². The Morgan fingerprint density at radius 3 is 2.23 bits per heavy atom. The Labute approximate surface area is 133 Å². The molecule has 0 radical (unpaired) electrons. The van der Waals surface area contributed by atoms with Gasteiger partial charge in [0.1, 0.15) is 0 Å². The van der Waals surface area contributed by atoms with Crippen molar-refractivity contribution in [2.45, 2.75) is 36.9 Å². The van der Waals surface area contributed by atoms with E-state index in [0.717, 1.165) is 18.2 Å². The van der Waals surface area contributed by atoms with Gasteiger partial charge in [-0.1, -0.05) is 0 Å². The van der Waals surface area contributed by atoms with Crippen molar-refractivity contribution in [3.8, 4) is 0 Å². The van der Waals surface area contributed by atoms with E-state index in [1.165, 1.54) is 11.2 Å². The highest BCUT2D eigenvalue weighted by atomic mass is 35.5. The van der Waals surface area contributed by atoms with Crippen LogP contribution in [0.2, 0.25) is 0 Å². The number of rotatable bonds is 2. The minimum Gasteiger partial charge on any atom is -0.328 e. The lowest BCUT2D eigenvalue weighted by Crippen LogP contribution is -2.42. The molecule has 0 aromatic heterocycles. The first-order valence-corrected chi connectivity index (χ1v) is 8.00. The maximum atomic E-state index is 12.6. The van der Waals surface area contributed by atoms with E-state index in [4.69, 9.17) is 5.73 Å². The minimum absolute atomic E-state index is 0. The molecule has 1 aromatic carbocycles. The van der Waals surface area contributed by atoms with Crippen molar-refractivity contribution in [3.05, 3.63) is 29.3 Å². The molecule has 1 fully saturated rings. The van der Waals surface area contributed by atoms with Gasteiger partial charge in [-0.25, -0.2) is 8.42 Å². The van der Waals surface area contributed by atoms with E-state index >= 15 is 0 Å². The highest BCUT2D eigenvalue weighted by Gasteiger charge is 2.33. The molecule has 126 valence electrons. The summed E-state index contributed by atoms with van der Waals surface area (Å²) in [5.74, 6) is 0. The first-order chi connectivity index (χ1) is 9.62. The van der Waals surface area contributed by atoms with Gasteiger partial charge < -0.3 is 5.73 Å². The van der Waals surface area contributed by atoms with Gasteiger partial charge in [0.25, 0.3) is 0 Å². The Kier molecular flexibility index (Phi) is 5.88. The van der Waals surface area contributed by atoms with Crippen LogP contribution in [0.25, 0.3) is 0 Å². The molecule has 0 unspecified atom stereocenters. The second-order valence-corrected chi connectivity index (χ2v) is 7.13. The third kappa shape index (κ3) is 3.92. The zero-order valence-corrected chi connectivity index (χ0v) is 13.6. The lowest BCUT2D eigenvalue weighted by Gasteiger charge is -2.29. The molecule has 1 aromatic rings. The molecule has 2 N–H and O–H groups in total. The maximum Gasteiger partial charge on any atom is 0.416 e. The number of alkyl halides is 3. The summed E-state index contributed by atoms with van der Waals surface area (Å²) in [6, 6.07) is 2.67. The minimum atomic E-state index is -4.48. The first kappa shape index (κ1) is 19.2. The van der Waals surface area contributed by atoms with Gasteiger partial charge in [0.15, 0.2) is 0 Å². The number of aryl methyl sites for hydroxylation is 1. The summed E-state index contributed by atoms with van der Waals surface area (Å²) in [4.78, 5) is -0.0778. The summed E-state index contributed by atoms with van der Waals surface area (Å²) in [6.45, 7) is 1.96. The van der Waals surface area contributed by atoms with Crippen molar-refractivity contribution in [3.63, 3.8) is 0 Å². The number of piperidine rings is 1. The van der Waals surface area contributed by atoms with Crippen LogP contribution in [0.15, 0.2) is 23.1 Å². The first-order valence-electron chi connectivity index (χ1n) is 6.56. The third-order valence-corrected chi connectivity index (χ3v) is 5.68. The van der Waals surface area contributed by atoms with Crippen LogP contribution in [-0.4, -0.2) is 31.9 Å². The van der Waals surface area contributed by atoms with Crippen LogP contribution < -0.4 is 5.73 Å². The average Bonchev–Trinajstić information content (AvgIpc) is 2.37. The normalized spacial score (nSPS) is 18.0. The molecule has 0 saturated carbocycles. The van der Waals surface area contributed by atoms with Gasteiger partial charge in [-0.2, -0.15) is 17.5 Å². The van der Waals surface area contributed by atoms with E-state index < -0.39 is 21.8 Å². The van der Waals surface area contributed by atoms with Crippen molar-refractivity contribution in [2.75, 3.05) is 13.1 Å². The Morgan fingerprint density at radius 1 is 1.23 bits per heavy atom. The van der Waals surface area contributed by atoms with Crippen molar-refractivity contribution < 1.29 is 21.6 Å². The smallest absolute Gasteiger partial charge is 0.328 e. The second-order valence-electron chi connectivity index (χ2n) is 5.22. The second kappa shape index (κ2) is 6.74. The molecular weight excluding hydrogens is 341 g/mol. The van der Waals surface area contributed by atoms with Gasteiger partial charge in [0.2, 0.25) is 10.0 Å². The van der Waals surface area contributed by atoms with Gasteiger partial charge in [-0.05, 0) is 43.5 Å². The van der Waals surface area contributed by atoms with Crippen LogP contribution in [-0.2, 0) is 16.2 Å². The summed E-state index contributed by atoms with van der Waals surface area (Å²) < 4.78 is 64.1. The molecular formula is C13H18ClF3N2O2S. The van der Waals surface area contributed by atoms with Gasteiger partial charge >= 0.3 is 6.18 Å². The number of hydrogen-bond donors (Lipinski definition) is 1. The number of nitrogens with zero attached hydrogens (tertiary/aromatic N) is 1. The molecule has 0 atom stereocenters. The topological polar surface area (TPSA) is 63.4 Å². The SMILES string of the molecule is Cc1cc(C(F)(F)F)ccc1S(=O)(=O)N1CCC(N)CC1.Cl. The Morgan fingerprint density at radius 2 is 1.77 bits per heavy atom. The van der Waals surface area contributed by atoms with E-state index in [0.29, 0.717) is 25.9 Å². The number of hydrogen-bond acceptors (Lipinski definition) is 3. The third-order valence-electron chi connectivity index (χ3n) is 3.62. The Bertz CT molecular complexity index is 627. The molecule has 1 saturated heterocycles. The zero-order valence-electron chi connectivity index (χ0n) is 11.9. The van der Waals surface area contributed by atoms with E-state index in [1.807, 2.05) is 0 Å². The molecule has 0 amide bonds. The maximum absolute atomic E-state index is 12.6. The van der Waals surface area contributed by atoms with Gasteiger partial charge in [0.05, 0.1) is 10.5 Å². The average molecular weight is 359 g/mol. The fraction of sp³-hybridized carbons (Fsp3) is 0.538. The predicted octanol–water partition coefficient (Wildman–Crippen LogP) is 2.55. The number of benzene rings is 1. The molecule has 1 aliphatic heterocycles. The predicted molar refractivity (Wildman–Crippen MR) is 79.4 cm³/mol. The summed E-state index contributed by atoms with van der Waals surface area (Å²) in [5, 5.41) is 0. The summed E-state index contributed by atoms with van der Waals surface area (Å²) in [7, 11) is -3.77. The van der Waals surface area contributed by atoms with Crippen LogP contribution >= 0.6 is 12.4 Å². The molecule has 9 heteroatoms. The zero-order chi connectivity index (χ0) is 15.8. The number of nitrogens with two attached hydrogens (primary N) is 1. The quantitative estimate of drug-likeness (QED) is 0.883. The molecule has 1 heterocycles. The highest BCUT2D eigenvalue weighted by molar-refractivity contribution is 7.89. The lowest BCUT2D eigenvalue weighted by atomic mass is 10.1. The van der Waals surface area contributed by atoms with Crippen molar-refractivity contribution in [1.82, 2.24) is 4.31 Å². The molecule has 0 aliphatic carbocycles. The molecule has 0 spiro atoms. The van der Waals surface area contributed by atoms with Crippen LogP contribution in [0.4, 0.5) is 13.2 Å². The number of sulfonamides is 1. The summed E-state index contributed by atoms with van der Waals surface area (Å²) in [6.07, 6.45) is -3.37. The standard InChI is InChI=1S/C13H17F3N2O2S.ClH/c1-9-8-10(13(14,15)16)2-3-12(9)21(19,20)18-6-4-11(17)5-7-18;/h2-3,8,11H,4-7,17H2,1H3;1H. The van der Waals surface area contributed by atoms with E-state index in [-0.39, 0.29) is 28.9 Å². The van der Waals surface area contributed by atoms with E-state index in [2.05, 4.69) is 0 Å². The highest BCUT2D eigenvalue weighted by Crippen LogP contribution is 2.32. The fourth-order valence-electron chi connectivity index (χ4n) is 2.37. The van der Waals surface area contributed by atoms with Crippen LogP contribution in [0.3, 0.4) is 0 Å². The van der Waals surface area contributed by atoms with Gasteiger partial charge in [-0.3, -0.25) is 0 Å². The Balaban J connectivity index is 0.00000242. The van der Waals surface area contributed by atoms with Gasteiger partial charge in [0, 0.05) is 19.1 Å². The van der Waals surface area contributed by atoms with Crippen LogP contribution in [0, 0.1) is 6.92 Å². The molecule has 4 nitrogen and oxygen atoms in total. The molecule has 0 bridgehead atoms. The molecule has 1 aliphatic rings. The van der Waals surface area contributed by atoms with Crippen LogP contribution in [0.5, 0.6) is 0 Å². The molecule has 2 rings (SSSR count). The fourth-order valence-corrected chi connectivity index (χ4v) is 4.05.